The van der Waals surface area contributed by atoms with Gasteiger partial charge in [-0.2, -0.15) is 0 Å². The maximum absolute atomic E-state index is 13.2. The number of rotatable bonds is 2. The van der Waals surface area contributed by atoms with Crippen LogP contribution in [0.15, 0.2) is 45.8 Å². The third-order valence-electron chi connectivity index (χ3n) is 5.62. The largest absolute Gasteiger partial charge is 0.391 e. The van der Waals surface area contributed by atoms with E-state index in [0.29, 0.717) is 6.54 Å². The molecule has 1 fully saturated rings. The number of aliphatic hydroxyl groups excluding tert-OH is 1. The highest BCUT2D eigenvalue weighted by Gasteiger charge is 2.23. The third kappa shape index (κ3) is 2.86. The van der Waals surface area contributed by atoms with Crippen LogP contribution in [0.3, 0.4) is 0 Å². The number of aromatic nitrogens is 4. The lowest BCUT2D eigenvalue weighted by Crippen LogP contribution is -2.24. The second-order valence-corrected chi connectivity index (χ2v) is 8.41. The number of halogens is 1. The topological polar surface area (TPSA) is 76.2 Å². The summed E-state index contributed by atoms with van der Waals surface area (Å²) in [6.45, 7) is 3.28. The molecule has 148 valence electrons. The predicted molar refractivity (Wildman–Crippen MR) is 117 cm³/mol. The summed E-state index contributed by atoms with van der Waals surface area (Å²) in [6, 6.07) is 9.73. The summed E-state index contributed by atoms with van der Waals surface area (Å²) in [4.78, 5) is 24.5. The van der Waals surface area contributed by atoms with Gasteiger partial charge in [0.1, 0.15) is 5.82 Å². The summed E-state index contributed by atoms with van der Waals surface area (Å²) in [5, 5.41) is 10.7. The maximum atomic E-state index is 13.2. The van der Waals surface area contributed by atoms with Gasteiger partial charge in [0.15, 0.2) is 0 Å². The summed E-state index contributed by atoms with van der Waals surface area (Å²) in [7, 11) is 1.76. The molecular formula is C21H20BrN5O2. The van der Waals surface area contributed by atoms with Crippen molar-refractivity contribution in [2.24, 2.45) is 7.05 Å². The molecule has 29 heavy (non-hydrogen) atoms. The highest BCUT2D eigenvalue weighted by atomic mass is 79.9. The van der Waals surface area contributed by atoms with Crippen molar-refractivity contribution >= 4 is 43.7 Å². The van der Waals surface area contributed by atoms with Crippen molar-refractivity contribution in [2.45, 2.75) is 19.4 Å². The van der Waals surface area contributed by atoms with Crippen LogP contribution < -0.4 is 10.6 Å². The van der Waals surface area contributed by atoms with Crippen LogP contribution in [0, 0.1) is 6.92 Å². The first-order valence-corrected chi connectivity index (χ1v) is 10.3. The Labute approximate surface area is 175 Å². The summed E-state index contributed by atoms with van der Waals surface area (Å²) >= 11 is 3.53. The predicted octanol–water partition coefficient (Wildman–Crippen LogP) is 2.91. The van der Waals surface area contributed by atoms with Crippen molar-refractivity contribution < 1.29 is 5.11 Å². The number of aliphatic hydroxyl groups is 1. The molecule has 0 radical (unpaired) electrons. The summed E-state index contributed by atoms with van der Waals surface area (Å²) in [5.74, 6) is 0.824. The second-order valence-electron chi connectivity index (χ2n) is 7.49. The Balaban J connectivity index is 1.76. The Morgan fingerprint density at radius 3 is 2.79 bits per heavy atom. The van der Waals surface area contributed by atoms with E-state index in [2.05, 4.69) is 25.8 Å². The zero-order valence-corrected chi connectivity index (χ0v) is 17.7. The molecule has 1 aromatic carbocycles. The number of pyridine rings is 2. The zero-order chi connectivity index (χ0) is 20.3. The molecule has 7 nitrogen and oxygen atoms in total. The van der Waals surface area contributed by atoms with Crippen LogP contribution in [-0.4, -0.2) is 43.4 Å². The molecule has 0 bridgehead atoms. The molecule has 1 N–H and O–H groups in total. The molecule has 5 rings (SSSR count). The highest BCUT2D eigenvalue weighted by molar-refractivity contribution is 9.10. The number of fused-ring (bicyclic) bond motifs is 3. The van der Waals surface area contributed by atoms with E-state index >= 15 is 0 Å². The van der Waals surface area contributed by atoms with Gasteiger partial charge in [0.2, 0.25) is 0 Å². The molecule has 0 aliphatic carbocycles. The molecule has 0 unspecified atom stereocenters. The Bertz CT molecular complexity index is 1330. The van der Waals surface area contributed by atoms with Gasteiger partial charge in [0.05, 0.1) is 40.2 Å². The average Bonchev–Trinajstić information content (AvgIpc) is 3.24. The molecule has 1 aliphatic rings. The molecule has 0 saturated carbocycles. The molecule has 1 atom stereocenters. The summed E-state index contributed by atoms with van der Waals surface area (Å²) in [6.07, 6.45) is 2.18. The van der Waals surface area contributed by atoms with Crippen LogP contribution in [0.5, 0.6) is 0 Å². The number of hydrogen-bond acceptors (Lipinski definition) is 5. The highest BCUT2D eigenvalue weighted by Crippen LogP contribution is 2.29. The van der Waals surface area contributed by atoms with Gasteiger partial charge in [-0.25, -0.2) is 9.78 Å². The lowest BCUT2D eigenvalue weighted by Gasteiger charge is -2.18. The van der Waals surface area contributed by atoms with Gasteiger partial charge in [-0.3, -0.25) is 14.1 Å². The van der Waals surface area contributed by atoms with Gasteiger partial charge >= 0.3 is 5.69 Å². The minimum Gasteiger partial charge on any atom is -0.391 e. The molecule has 8 heteroatoms. The van der Waals surface area contributed by atoms with E-state index < -0.39 is 0 Å². The zero-order valence-electron chi connectivity index (χ0n) is 16.1. The van der Waals surface area contributed by atoms with Gasteiger partial charge < -0.3 is 10.0 Å². The van der Waals surface area contributed by atoms with E-state index in [0.717, 1.165) is 56.6 Å². The molecule has 3 aromatic heterocycles. The third-order valence-corrected chi connectivity index (χ3v) is 6.11. The Morgan fingerprint density at radius 2 is 2.07 bits per heavy atom. The first-order chi connectivity index (χ1) is 13.9. The molecule has 4 heterocycles. The van der Waals surface area contributed by atoms with Gasteiger partial charge in [0.25, 0.3) is 0 Å². The lowest BCUT2D eigenvalue weighted by molar-refractivity contribution is 0.198. The number of anilines is 1. The fourth-order valence-corrected chi connectivity index (χ4v) is 4.46. The number of hydrogen-bond donors (Lipinski definition) is 1. The van der Waals surface area contributed by atoms with Crippen LogP contribution in [0.2, 0.25) is 0 Å². The van der Waals surface area contributed by atoms with Crippen molar-refractivity contribution in [2.75, 3.05) is 18.0 Å². The first-order valence-electron chi connectivity index (χ1n) is 9.51. The SMILES string of the molecule is Cc1nc(N2CC[C@H](O)C2)ccc1-n1c(=O)n(C)c2cnc3ccc(Br)cc3c21. The van der Waals surface area contributed by atoms with Crippen molar-refractivity contribution in [3.63, 3.8) is 0 Å². The standard InChI is InChI=1S/C21H20BrN5O2/c1-12-17(5-6-19(24-12)26-8-7-14(28)11-26)27-20-15-9-13(22)3-4-16(15)23-10-18(20)25(2)21(27)29/h3-6,9-10,14,28H,7-8,11H2,1-2H3/t14-/m0/s1. The van der Waals surface area contributed by atoms with Gasteiger partial charge in [-0.05, 0) is 43.7 Å². The quantitative estimate of drug-likeness (QED) is 0.504. The Kier molecular flexibility index (Phi) is 4.22. The van der Waals surface area contributed by atoms with Gasteiger partial charge in [-0.15, -0.1) is 0 Å². The van der Waals surface area contributed by atoms with E-state index in [4.69, 9.17) is 4.98 Å². The van der Waals surface area contributed by atoms with Crippen molar-refractivity contribution in [3.8, 4) is 5.69 Å². The van der Waals surface area contributed by atoms with Crippen LogP contribution in [0.25, 0.3) is 27.6 Å². The van der Waals surface area contributed by atoms with Crippen LogP contribution in [0.4, 0.5) is 5.82 Å². The van der Waals surface area contributed by atoms with Crippen LogP contribution in [0.1, 0.15) is 12.1 Å². The molecule has 4 aromatic rings. The molecule has 0 amide bonds. The first kappa shape index (κ1) is 18.3. The van der Waals surface area contributed by atoms with Crippen molar-refractivity contribution in [1.82, 2.24) is 19.1 Å². The monoisotopic (exact) mass is 453 g/mol. The van der Waals surface area contributed by atoms with E-state index in [9.17, 15) is 9.90 Å². The minimum atomic E-state index is -0.310. The fourth-order valence-electron chi connectivity index (χ4n) is 4.10. The molecule has 1 aliphatic heterocycles. The van der Waals surface area contributed by atoms with E-state index in [-0.39, 0.29) is 11.8 Å². The van der Waals surface area contributed by atoms with Crippen LogP contribution in [-0.2, 0) is 7.05 Å². The lowest BCUT2D eigenvalue weighted by atomic mass is 10.2. The van der Waals surface area contributed by atoms with Gasteiger partial charge in [-0.1, -0.05) is 15.9 Å². The maximum Gasteiger partial charge on any atom is 0.333 e. The van der Waals surface area contributed by atoms with E-state index in [1.54, 1.807) is 22.4 Å². The van der Waals surface area contributed by atoms with E-state index in [1.807, 2.05) is 37.3 Å². The van der Waals surface area contributed by atoms with Crippen molar-refractivity contribution in [3.05, 3.63) is 57.2 Å². The number of aryl methyl sites for hydroxylation is 2. The number of benzene rings is 1. The minimum absolute atomic E-state index is 0.136. The summed E-state index contributed by atoms with van der Waals surface area (Å²) in [5.41, 5.74) is 3.79. The van der Waals surface area contributed by atoms with Crippen LogP contribution >= 0.6 is 15.9 Å². The summed E-state index contributed by atoms with van der Waals surface area (Å²) < 4.78 is 4.27. The van der Waals surface area contributed by atoms with E-state index in [1.165, 1.54) is 0 Å². The Morgan fingerprint density at radius 1 is 1.24 bits per heavy atom. The molecule has 0 spiro atoms. The number of imidazole rings is 1. The molecular weight excluding hydrogens is 434 g/mol. The molecule has 1 saturated heterocycles. The van der Waals surface area contributed by atoms with Crippen molar-refractivity contribution in [1.29, 1.82) is 0 Å². The Hall–Kier alpha value is -2.71. The average molecular weight is 454 g/mol. The normalized spacial score (nSPS) is 17.0. The second kappa shape index (κ2) is 6.67. The van der Waals surface area contributed by atoms with Gasteiger partial charge in [0, 0.05) is 30.0 Å². The smallest absolute Gasteiger partial charge is 0.333 e. The number of nitrogens with zero attached hydrogens (tertiary/aromatic N) is 5. The fraction of sp³-hybridized carbons (Fsp3) is 0.286. The number of β-amino-alcohol motifs (C(OH)–C–C–N with tert-alkyl or cyclic N) is 1.